The number of phenols is 1. The Morgan fingerprint density at radius 1 is 0.550 bits per heavy atom. The third kappa shape index (κ3) is 8.63. The van der Waals surface area contributed by atoms with Crippen molar-refractivity contribution in [2.45, 2.75) is 70.9 Å². The van der Waals surface area contributed by atoms with Gasteiger partial charge in [-0.2, -0.15) is 16.8 Å². The first kappa shape index (κ1) is 51.9. The Balaban J connectivity index is 0.000000151. The Morgan fingerprint density at radius 3 is 1.86 bits per heavy atom. The van der Waals surface area contributed by atoms with Crippen LogP contribution >= 0.6 is 0 Å². The lowest BCUT2D eigenvalue weighted by atomic mass is 9.86. The molecule has 80 heavy (non-hydrogen) atoms. The Kier molecular flexibility index (Phi) is 12.0. The SMILES string of the molecule is O=S(=O)([O-])c1cc(S(=O)(=O)O)ccc1C1=c2cc3c4c(c2Oc2c1ccc1cc(O)ccc21)CCC[N+]=4CCC3.[NH2+]=c1ccc2c(ccc3c(-c4ccc(S(=O)(=O)O)cc4S(=O)(=O)[O-])c4cc5c6c(c4oc32)CCCN6CCC5)c1. The van der Waals surface area contributed by atoms with E-state index in [1.165, 1.54) is 18.2 Å². The number of phenolic OH excluding ortho intramolecular Hbond substituents is 1. The molecule has 8 aromatic carbocycles. The standard InChI is InChI=1S/C29H24N2O7S2.C29H23NO8S2/c30-18-6-9-20-16(13-18)5-8-22-26(21-10-7-19(39(32,33)34)15-25(21)40(35,36)37)24-14-17-3-1-11-31-12-2-4-23(27(17)31)29(24)38-28(20)22;31-18-6-9-20-16(13-18)5-8-22-26(21-10-7-19(39(32,33)34)15-25(21)40(35,36)37)24-14-17-3-1-11-30-12-2-4-23(27(17)30)29(24)38-28(20)22/h5-10,13-15,30H,1-4,11-12H2,(H,32,33,34)(H,35,36,37);5-10,13-15H,1-4,11-12H2,(H2,32,33,34,35,36,37). The fraction of sp³-hybridized carbons (Fsp3) is 0.207. The number of nitrogens with two attached hydrogens (primary N) is 1. The highest BCUT2D eigenvalue weighted by molar-refractivity contribution is 7.87. The van der Waals surface area contributed by atoms with Gasteiger partial charge in [-0.1, -0.05) is 24.3 Å². The van der Waals surface area contributed by atoms with Crippen LogP contribution in [0.15, 0.2) is 133 Å². The molecule has 0 aliphatic carbocycles. The Labute approximate surface area is 457 Å². The average molecular weight is 1150 g/mol. The maximum Gasteiger partial charge on any atom is 0.294 e. The molecule has 18 nitrogen and oxygen atoms in total. The van der Waals surface area contributed by atoms with Gasteiger partial charge in [0.2, 0.25) is 5.36 Å². The van der Waals surface area contributed by atoms with Crippen LogP contribution in [0.1, 0.15) is 59.1 Å². The second-order valence-corrected chi connectivity index (χ2v) is 26.3. The number of benzene rings is 8. The predicted molar refractivity (Wildman–Crippen MR) is 293 cm³/mol. The normalized spacial score (nSPS) is 15.9. The summed E-state index contributed by atoms with van der Waals surface area (Å²) in [6.07, 6.45) is 7.00. The Morgan fingerprint density at radius 2 is 1.15 bits per heavy atom. The number of hydrogen-bond acceptors (Lipinski definition) is 14. The number of aromatic hydroxyl groups is 1. The number of hydrogen-bond donors (Lipinski definition) is 4. The molecule has 22 heteroatoms. The summed E-state index contributed by atoms with van der Waals surface area (Å²) >= 11 is 0. The van der Waals surface area contributed by atoms with Crippen LogP contribution in [-0.2, 0) is 66.2 Å². The number of fused-ring (bicyclic) bond motifs is 10. The predicted octanol–water partition coefficient (Wildman–Crippen LogP) is 5.35. The van der Waals surface area contributed by atoms with E-state index in [1.807, 2.05) is 30.3 Å². The van der Waals surface area contributed by atoms with E-state index in [4.69, 9.17) is 14.6 Å². The molecule has 0 bridgehead atoms. The number of rotatable bonds is 6. The summed E-state index contributed by atoms with van der Waals surface area (Å²) in [6, 6.07) is 27.6. The first-order valence-electron chi connectivity index (χ1n) is 25.7. The highest BCUT2D eigenvalue weighted by Gasteiger charge is 2.34. The summed E-state index contributed by atoms with van der Waals surface area (Å²) in [6.45, 7) is 3.77. The van der Waals surface area contributed by atoms with Gasteiger partial charge in [0.05, 0.1) is 25.1 Å². The maximum atomic E-state index is 12.6. The third-order valence-electron chi connectivity index (χ3n) is 16.0. The van der Waals surface area contributed by atoms with Gasteiger partial charge in [0.1, 0.15) is 61.7 Å². The zero-order valence-electron chi connectivity index (χ0n) is 42.2. The lowest BCUT2D eigenvalue weighted by Crippen LogP contribution is -2.45. The molecule has 14 rings (SSSR count). The van der Waals surface area contributed by atoms with Gasteiger partial charge in [-0.25, -0.2) is 21.4 Å². The van der Waals surface area contributed by atoms with Gasteiger partial charge < -0.3 is 28.3 Å². The van der Waals surface area contributed by atoms with Crippen molar-refractivity contribution in [2.75, 3.05) is 31.1 Å². The topological polar surface area (TPSA) is 298 Å². The second-order valence-electron chi connectivity index (χ2n) is 20.8. The van der Waals surface area contributed by atoms with E-state index in [9.17, 15) is 57.0 Å². The van der Waals surface area contributed by atoms with Crippen LogP contribution in [0.2, 0.25) is 0 Å². The van der Waals surface area contributed by atoms with Gasteiger partial charge in [-0.3, -0.25) is 14.5 Å². The van der Waals surface area contributed by atoms with Crippen molar-refractivity contribution in [1.29, 1.82) is 0 Å². The first-order chi connectivity index (χ1) is 38.0. The Hall–Kier alpha value is -7.54. The molecule has 9 aromatic rings. The summed E-state index contributed by atoms with van der Waals surface area (Å²) in [5, 5.41) is 22.6. The van der Waals surface area contributed by atoms with E-state index in [1.54, 1.807) is 36.4 Å². The minimum Gasteiger partial charge on any atom is -0.744 e. The maximum absolute atomic E-state index is 12.6. The van der Waals surface area contributed by atoms with E-state index in [0.29, 0.717) is 77.6 Å². The van der Waals surface area contributed by atoms with Gasteiger partial charge >= 0.3 is 0 Å². The molecule has 0 amide bonds. The first-order valence-corrected chi connectivity index (χ1v) is 31.4. The number of ether oxygens (including phenoxy) is 1. The van der Waals surface area contributed by atoms with Crippen molar-refractivity contribution in [3.63, 3.8) is 0 Å². The molecule has 5 N–H and O–H groups in total. The molecule has 0 spiro atoms. The summed E-state index contributed by atoms with van der Waals surface area (Å²) in [5.74, 6) is 1.09. The lowest BCUT2D eigenvalue weighted by Gasteiger charge is -2.37. The summed E-state index contributed by atoms with van der Waals surface area (Å²) in [5.41, 5.74) is 7.98. The molecular formula is C58H47N3O15S4. The van der Waals surface area contributed by atoms with Crippen LogP contribution in [0.5, 0.6) is 17.2 Å². The van der Waals surface area contributed by atoms with Crippen LogP contribution in [0.25, 0.3) is 60.2 Å². The van der Waals surface area contributed by atoms with Gasteiger partial charge in [0, 0.05) is 109 Å². The van der Waals surface area contributed by atoms with Crippen LogP contribution in [-0.4, -0.2) is 83.2 Å². The quantitative estimate of drug-likeness (QED) is 0.0706. The van der Waals surface area contributed by atoms with Gasteiger partial charge in [0.15, 0.2) is 5.36 Å². The summed E-state index contributed by atoms with van der Waals surface area (Å²) < 4.78 is 158. The molecule has 6 heterocycles. The van der Waals surface area contributed by atoms with Crippen molar-refractivity contribution < 1.29 is 71.6 Å². The van der Waals surface area contributed by atoms with E-state index in [2.05, 4.69) is 9.48 Å². The fourth-order valence-electron chi connectivity index (χ4n) is 12.7. The number of nitrogens with zero attached hydrogens (tertiary/aromatic N) is 2. The smallest absolute Gasteiger partial charge is 0.294 e. The highest BCUT2D eigenvalue weighted by Crippen LogP contribution is 2.49. The minimum atomic E-state index is -5.18. The zero-order chi connectivity index (χ0) is 55.9. The molecule has 0 fully saturated rings. The van der Waals surface area contributed by atoms with Crippen molar-refractivity contribution in [2.24, 2.45) is 0 Å². The molecule has 0 saturated heterocycles. The van der Waals surface area contributed by atoms with Crippen molar-refractivity contribution in [3.8, 4) is 28.4 Å². The molecule has 5 aliphatic heterocycles. The molecule has 1 aromatic heterocycles. The second kappa shape index (κ2) is 18.5. The van der Waals surface area contributed by atoms with Crippen LogP contribution in [0, 0.1) is 0 Å². The molecule has 0 saturated carbocycles. The van der Waals surface area contributed by atoms with E-state index in [-0.39, 0.29) is 16.9 Å². The molecular weight excluding hydrogens is 1110 g/mol. The fourth-order valence-corrected chi connectivity index (χ4v) is 15.3. The molecule has 408 valence electrons. The van der Waals surface area contributed by atoms with Gasteiger partial charge in [-0.05, 0) is 128 Å². The van der Waals surface area contributed by atoms with Gasteiger partial charge in [0.25, 0.3) is 20.2 Å². The molecule has 0 radical (unpaired) electrons. The van der Waals surface area contributed by atoms with Crippen LogP contribution < -0.4 is 35.6 Å². The highest BCUT2D eigenvalue weighted by atomic mass is 32.2. The van der Waals surface area contributed by atoms with Crippen LogP contribution in [0.4, 0.5) is 5.69 Å². The molecule has 0 atom stereocenters. The number of aryl methyl sites for hydroxylation is 3. The van der Waals surface area contributed by atoms with Crippen molar-refractivity contribution >= 4 is 95.2 Å². The summed E-state index contributed by atoms with van der Waals surface area (Å²) in [7, 11) is -19.9. The van der Waals surface area contributed by atoms with E-state index < -0.39 is 60.1 Å². The van der Waals surface area contributed by atoms with Gasteiger partial charge in [-0.15, -0.1) is 0 Å². The number of anilines is 1. The largest absolute Gasteiger partial charge is 0.744 e. The third-order valence-corrected chi connectivity index (χ3v) is 19.4. The van der Waals surface area contributed by atoms with Crippen molar-refractivity contribution in [1.82, 2.24) is 4.58 Å². The van der Waals surface area contributed by atoms with Crippen LogP contribution in [0.3, 0.4) is 0 Å². The lowest BCUT2D eigenvalue weighted by molar-refractivity contribution is -0.172. The monoisotopic (exact) mass is 1150 g/mol. The average Bonchev–Trinajstić information content (AvgIpc) is 3.57. The molecule has 5 aliphatic rings. The summed E-state index contributed by atoms with van der Waals surface area (Å²) in [4.78, 5) is -0.487. The zero-order valence-corrected chi connectivity index (χ0v) is 45.5. The van der Waals surface area contributed by atoms with E-state index >= 15 is 0 Å². The Bertz CT molecular complexity index is 4980. The molecule has 0 unspecified atom stereocenters. The minimum absolute atomic E-state index is 0.0157. The van der Waals surface area contributed by atoms with E-state index in [0.717, 1.165) is 140 Å². The van der Waals surface area contributed by atoms with Crippen molar-refractivity contribution in [3.05, 3.63) is 159 Å².